The SMILES string of the molecule is COc1ccc(-c2ccc(Cn3c(CC(C)(C)C(=O)O)c(SCC(C)C)c4cc(OCc5ccccn5)ccc43)cc2)cn1. The van der Waals surface area contributed by atoms with Gasteiger partial charge in [0, 0.05) is 64.2 Å². The highest BCUT2D eigenvalue weighted by molar-refractivity contribution is 7.99. The molecule has 8 heteroatoms. The van der Waals surface area contributed by atoms with E-state index in [-0.39, 0.29) is 0 Å². The van der Waals surface area contributed by atoms with Gasteiger partial charge in [-0.1, -0.05) is 44.2 Å². The van der Waals surface area contributed by atoms with Gasteiger partial charge in [-0.15, -0.1) is 11.8 Å². The van der Waals surface area contributed by atoms with E-state index >= 15 is 0 Å². The Hall–Kier alpha value is -4.30. The first-order valence-corrected chi connectivity index (χ1v) is 15.8. The molecule has 0 bridgehead atoms. The molecule has 5 aromatic rings. The lowest BCUT2D eigenvalue weighted by atomic mass is 9.88. The second-order valence-corrected chi connectivity index (χ2v) is 13.0. The molecule has 0 spiro atoms. The molecule has 1 N–H and O–H groups in total. The summed E-state index contributed by atoms with van der Waals surface area (Å²) >= 11 is 1.80. The largest absolute Gasteiger partial charge is 0.487 e. The lowest BCUT2D eigenvalue weighted by molar-refractivity contribution is -0.146. The van der Waals surface area contributed by atoms with Crippen LogP contribution in [0.2, 0.25) is 0 Å². The van der Waals surface area contributed by atoms with Crippen molar-refractivity contribution in [1.29, 1.82) is 0 Å². The van der Waals surface area contributed by atoms with E-state index in [4.69, 9.17) is 9.47 Å². The van der Waals surface area contributed by atoms with E-state index in [2.05, 4.69) is 64.8 Å². The quantitative estimate of drug-likeness (QED) is 0.135. The molecule has 0 radical (unpaired) electrons. The third kappa shape index (κ3) is 7.25. The van der Waals surface area contributed by atoms with Gasteiger partial charge >= 0.3 is 5.97 Å². The van der Waals surface area contributed by atoms with Crippen LogP contribution in [0.4, 0.5) is 0 Å². The average molecular weight is 610 g/mol. The van der Waals surface area contributed by atoms with Crippen LogP contribution in [0.3, 0.4) is 0 Å². The molecule has 0 aliphatic carbocycles. The van der Waals surface area contributed by atoms with E-state index < -0.39 is 11.4 Å². The molecule has 5 rings (SSSR count). The standard InChI is InChI=1S/C36H39N3O4S/c1-24(2)23-44-34-30-18-29(43-22-28-8-6-7-17-37-28)14-15-31(30)39(32(34)19-36(3,4)35(40)41)21-25-9-11-26(12-10-25)27-13-16-33(42-5)38-20-27/h6-18,20,24H,19,21-23H2,1-5H3,(H,40,41). The molecule has 0 aliphatic heterocycles. The van der Waals surface area contributed by atoms with Crippen LogP contribution >= 0.6 is 11.8 Å². The van der Waals surface area contributed by atoms with Gasteiger partial charge in [0.1, 0.15) is 12.4 Å². The van der Waals surface area contributed by atoms with Crippen molar-refractivity contribution in [3.05, 3.63) is 102 Å². The first kappa shape index (κ1) is 31.1. The summed E-state index contributed by atoms with van der Waals surface area (Å²) in [6.45, 7) is 8.98. The average Bonchev–Trinajstić information content (AvgIpc) is 3.30. The first-order chi connectivity index (χ1) is 21.1. The number of carboxylic acids is 1. The summed E-state index contributed by atoms with van der Waals surface area (Å²) in [4.78, 5) is 22.2. The number of pyridine rings is 2. The predicted octanol–water partition coefficient (Wildman–Crippen LogP) is 8.14. The summed E-state index contributed by atoms with van der Waals surface area (Å²) in [5.74, 6) is 1.92. The molecular weight excluding hydrogens is 570 g/mol. The highest BCUT2D eigenvalue weighted by atomic mass is 32.2. The van der Waals surface area contributed by atoms with Gasteiger partial charge in [-0.25, -0.2) is 4.98 Å². The molecule has 3 aromatic heterocycles. The number of nitrogens with zero attached hydrogens (tertiary/aromatic N) is 3. The van der Waals surface area contributed by atoms with Crippen molar-refractivity contribution in [3.63, 3.8) is 0 Å². The molecule has 7 nitrogen and oxygen atoms in total. The minimum atomic E-state index is -0.942. The molecule has 0 amide bonds. The summed E-state index contributed by atoms with van der Waals surface area (Å²) in [5.41, 5.74) is 5.21. The van der Waals surface area contributed by atoms with Crippen molar-refractivity contribution in [1.82, 2.24) is 14.5 Å². The topological polar surface area (TPSA) is 86.5 Å². The third-order valence-electron chi connectivity index (χ3n) is 7.53. The maximum absolute atomic E-state index is 12.3. The Morgan fingerprint density at radius 1 is 1.00 bits per heavy atom. The third-order valence-corrected chi connectivity index (χ3v) is 9.10. The summed E-state index contributed by atoms with van der Waals surface area (Å²) in [5, 5.41) is 11.2. The Morgan fingerprint density at radius 2 is 1.77 bits per heavy atom. The zero-order valence-corrected chi connectivity index (χ0v) is 26.7. The Balaban J connectivity index is 1.55. The van der Waals surface area contributed by atoms with Gasteiger partial charge in [0.15, 0.2) is 0 Å². The van der Waals surface area contributed by atoms with Gasteiger partial charge in [-0.2, -0.15) is 0 Å². The predicted molar refractivity (Wildman–Crippen MR) is 177 cm³/mol. The highest BCUT2D eigenvalue weighted by Gasteiger charge is 2.32. The van der Waals surface area contributed by atoms with Crippen LogP contribution in [0, 0.1) is 11.3 Å². The fraction of sp³-hybridized carbons (Fsp3) is 0.306. The van der Waals surface area contributed by atoms with Gasteiger partial charge in [0.05, 0.1) is 18.2 Å². The number of methoxy groups -OCH3 is 1. The first-order valence-electron chi connectivity index (χ1n) is 14.8. The second-order valence-electron chi connectivity index (χ2n) is 12.0. The number of fused-ring (bicyclic) bond motifs is 1. The van der Waals surface area contributed by atoms with Gasteiger partial charge in [0.25, 0.3) is 0 Å². The molecule has 0 saturated carbocycles. The second kappa shape index (κ2) is 13.6. The Kier molecular flexibility index (Phi) is 9.59. The molecule has 2 aromatic carbocycles. The number of carboxylic acid groups (broad SMARTS) is 1. The lowest BCUT2D eigenvalue weighted by Gasteiger charge is -2.22. The fourth-order valence-electron chi connectivity index (χ4n) is 5.00. The highest BCUT2D eigenvalue weighted by Crippen LogP contribution is 2.40. The van der Waals surface area contributed by atoms with Gasteiger partial charge in [-0.3, -0.25) is 9.78 Å². The van der Waals surface area contributed by atoms with Crippen LogP contribution in [0.15, 0.2) is 90.1 Å². The normalized spacial score (nSPS) is 11.7. The van der Waals surface area contributed by atoms with E-state index in [9.17, 15) is 9.90 Å². The summed E-state index contributed by atoms with van der Waals surface area (Å²) in [7, 11) is 1.61. The number of carbonyl (C=O) groups is 1. The Bertz CT molecular complexity index is 1710. The van der Waals surface area contributed by atoms with Crippen LogP contribution in [-0.2, 0) is 24.4 Å². The number of hydrogen-bond acceptors (Lipinski definition) is 6. The van der Waals surface area contributed by atoms with E-state index in [1.165, 1.54) is 0 Å². The van der Waals surface area contributed by atoms with E-state index in [1.807, 2.05) is 42.6 Å². The number of thioether (sulfide) groups is 1. The van der Waals surface area contributed by atoms with Crippen molar-refractivity contribution in [2.24, 2.45) is 11.3 Å². The minimum absolute atomic E-state index is 0.372. The number of hydrogen-bond donors (Lipinski definition) is 1. The van der Waals surface area contributed by atoms with Gasteiger partial charge in [0.2, 0.25) is 5.88 Å². The van der Waals surface area contributed by atoms with Gasteiger partial charge < -0.3 is 19.1 Å². The van der Waals surface area contributed by atoms with Gasteiger partial charge in [-0.05, 0) is 67.3 Å². The maximum Gasteiger partial charge on any atom is 0.309 e. The summed E-state index contributed by atoms with van der Waals surface area (Å²) < 4.78 is 13.7. The number of aliphatic carboxylic acids is 1. The van der Waals surface area contributed by atoms with Crippen LogP contribution in [-0.4, -0.2) is 38.5 Å². The van der Waals surface area contributed by atoms with Crippen molar-refractivity contribution in [2.75, 3.05) is 12.9 Å². The number of ether oxygens (including phenoxy) is 2. The number of rotatable bonds is 13. The van der Waals surface area contributed by atoms with E-state index in [1.54, 1.807) is 38.9 Å². The van der Waals surface area contributed by atoms with Crippen molar-refractivity contribution < 1.29 is 19.4 Å². The van der Waals surface area contributed by atoms with Crippen molar-refractivity contribution >= 4 is 28.6 Å². The molecular formula is C36H39N3O4S. The smallest absolute Gasteiger partial charge is 0.309 e. The van der Waals surface area contributed by atoms with Crippen LogP contribution < -0.4 is 9.47 Å². The van der Waals surface area contributed by atoms with E-state index in [0.717, 1.165) is 55.4 Å². The number of benzene rings is 2. The molecule has 0 atom stereocenters. The zero-order valence-electron chi connectivity index (χ0n) is 25.9. The minimum Gasteiger partial charge on any atom is -0.487 e. The van der Waals surface area contributed by atoms with Crippen LogP contribution in [0.25, 0.3) is 22.0 Å². The summed E-state index contributed by atoms with van der Waals surface area (Å²) in [6, 6.07) is 24.3. The molecule has 44 heavy (non-hydrogen) atoms. The number of aromatic nitrogens is 3. The molecule has 3 heterocycles. The summed E-state index contributed by atoms with van der Waals surface area (Å²) in [6.07, 6.45) is 3.97. The van der Waals surface area contributed by atoms with Crippen molar-refractivity contribution in [3.8, 4) is 22.8 Å². The molecule has 0 fully saturated rings. The molecule has 0 saturated heterocycles. The maximum atomic E-state index is 12.3. The Labute approximate surface area is 263 Å². The van der Waals surface area contributed by atoms with Crippen LogP contribution in [0.5, 0.6) is 11.6 Å². The lowest BCUT2D eigenvalue weighted by Crippen LogP contribution is -2.27. The zero-order chi connectivity index (χ0) is 31.3. The molecule has 0 aliphatic rings. The fourth-order valence-corrected chi connectivity index (χ4v) is 6.17. The van der Waals surface area contributed by atoms with E-state index in [0.29, 0.717) is 31.4 Å². The monoisotopic (exact) mass is 609 g/mol. The molecule has 0 unspecified atom stereocenters. The van der Waals surface area contributed by atoms with Crippen LogP contribution in [0.1, 0.15) is 44.6 Å². The van der Waals surface area contributed by atoms with Crippen molar-refractivity contribution in [2.45, 2.75) is 52.2 Å². The Morgan fingerprint density at radius 3 is 2.41 bits per heavy atom. The molecule has 228 valence electrons.